The molecule has 0 radical (unpaired) electrons. The molecule has 0 aliphatic heterocycles. The highest BCUT2D eigenvalue weighted by Gasteiger charge is 2.22. The highest BCUT2D eigenvalue weighted by molar-refractivity contribution is 5.88. The van der Waals surface area contributed by atoms with Crippen LogP contribution in [0.5, 0.6) is 11.5 Å². The third-order valence-electron chi connectivity index (χ3n) is 6.85. The second-order valence-corrected chi connectivity index (χ2v) is 9.24. The van der Waals surface area contributed by atoms with Crippen LogP contribution in [-0.2, 0) is 0 Å². The van der Waals surface area contributed by atoms with E-state index in [0.29, 0.717) is 17.8 Å². The van der Waals surface area contributed by atoms with Crippen LogP contribution < -0.4 is 9.47 Å². The lowest BCUT2D eigenvalue weighted by atomic mass is 9.83. The summed E-state index contributed by atoms with van der Waals surface area (Å²) >= 11 is 0. The molecule has 0 spiro atoms. The Morgan fingerprint density at radius 3 is 2.13 bits per heavy atom. The molecule has 1 saturated carbocycles. The first kappa shape index (κ1) is 21.7. The predicted octanol–water partition coefficient (Wildman–Crippen LogP) is 8.01. The van der Waals surface area contributed by atoms with Crippen LogP contribution in [0, 0.1) is 11.8 Å². The molecule has 1 atom stereocenters. The van der Waals surface area contributed by atoms with Crippen molar-refractivity contribution in [2.45, 2.75) is 58.3 Å². The van der Waals surface area contributed by atoms with E-state index in [-0.39, 0.29) is 0 Å². The molecule has 0 bridgehead atoms. The Labute approximate surface area is 187 Å². The van der Waals surface area contributed by atoms with Gasteiger partial charge in [0.15, 0.2) is 0 Å². The van der Waals surface area contributed by atoms with Gasteiger partial charge >= 0.3 is 0 Å². The van der Waals surface area contributed by atoms with E-state index in [0.717, 1.165) is 24.7 Å². The van der Waals surface area contributed by atoms with Gasteiger partial charge in [-0.3, -0.25) is 0 Å². The molecule has 31 heavy (non-hydrogen) atoms. The predicted molar refractivity (Wildman–Crippen MR) is 130 cm³/mol. The van der Waals surface area contributed by atoms with Crippen LogP contribution in [0.25, 0.3) is 10.8 Å². The number of ether oxygens (including phenoxy) is 2. The van der Waals surface area contributed by atoms with Crippen LogP contribution >= 0.6 is 0 Å². The van der Waals surface area contributed by atoms with E-state index in [1.54, 1.807) is 0 Å². The second-order valence-electron chi connectivity index (χ2n) is 9.24. The van der Waals surface area contributed by atoms with Gasteiger partial charge in [-0.1, -0.05) is 68.8 Å². The summed E-state index contributed by atoms with van der Waals surface area (Å²) in [5, 5.41) is 2.45. The molecular weight excluding hydrogens is 380 g/mol. The monoisotopic (exact) mass is 416 g/mol. The molecule has 2 heteroatoms. The Kier molecular flexibility index (Phi) is 7.51. The Bertz CT molecular complexity index is 933. The highest BCUT2D eigenvalue weighted by atomic mass is 16.5. The Morgan fingerprint density at radius 1 is 0.774 bits per heavy atom. The van der Waals surface area contributed by atoms with E-state index < -0.39 is 0 Å². The van der Waals surface area contributed by atoms with Crippen LogP contribution in [0.1, 0.15) is 63.9 Å². The summed E-state index contributed by atoms with van der Waals surface area (Å²) in [4.78, 5) is 0. The molecule has 0 N–H and O–H groups in total. The minimum Gasteiger partial charge on any atom is -0.493 e. The number of benzene rings is 3. The van der Waals surface area contributed by atoms with Crippen LogP contribution in [0.15, 0.2) is 66.7 Å². The van der Waals surface area contributed by atoms with Gasteiger partial charge < -0.3 is 9.47 Å². The fourth-order valence-electron chi connectivity index (χ4n) is 4.80. The molecule has 2 nitrogen and oxygen atoms in total. The molecule has 1 unspecified atom stereocenters. The van der Waals surface area contributed by atoms with Crippen molar-refractivity contribution in [1.82, 2.24) is 0 Å². The average molecular weight is 417 g/mol. The summed E-state index contributed by atoms with van der Waals surface area (Å²) in [6.45, 7) is 6.21. The van der Waals surface area contributed by atoms with Gasteiger partial charge in [0.1, 0.15) is 11.5 Å². The molecule has 0 heterocycles. The number of hydrogen-bond donors (Lipinski definition) is 0. The SMILES string of the molecule is CCCC(C)c1ccc(OCC2CCC(COc3cccc4ccccc34)CC2)cc1. The Hall–Kier alpha value is -2.48. The standard InChI is InChI=1S/C29H36O2/c1-3-7-22(2)25-16-18-27(19-17-25)30-20-23-12-14-24(15-13-23)21-31-29-11-6-9-26-8-4-5-10-28(26)29/h4-6,8-11,16-19,22-24H,3,7,12-15,20-21H2,1-2H3. The van der Waals surface area contributed by atoms with E-state index >= 15 is 0 Å². The van der Waals surface area contributed by atoms with Gasteiger partial charge in [0.25, 0.3) is 0 Å². The topological polar surface area (TPSA) is 18.5 Å². The normalized spacial score (nSPS) is 19.8. The summed E-state index contributed by atoms with van der Waals surface area (Å²) in [5.74, 6) is 3.96. The number of rotatable bonds is 9. The number of fused-ring (bicyclic) bond motifs is 1. The van der Waals surface area contributed by atoms with Gasteiger partial charge in [-0.2, -0.15) is 0 Å². The summed E-state index contributed by atoms with van der Waals surface area (Å²) in [7, 11) is 0. The van der Waals surface area contributed by atoms with Crippen molar-refractivity contribution in [2.24, 2.45) is 11.8 Å². The van der Waals surface area contributed by atoms with Crippen molar-refractivity contribution in [2.75, 3.05) is 13.2 Å². The van der Waals surface area contributed by atoms with E-state index in [4.69, 9.17) is 9.47 Å². The average Bonchev–Trinajstić information content (AvgIpc) is 2.82. The minimum absolute atomic E-state index is 0.630. The second kappa shape index (κ2) is 10.7. The van der Waals surface area contributed by atoms with Crippen molar-refractivity contribution in [3.63, 3.8) is 0 Å². The lowest BCUT2D eigenvalue weighted by molar-refractivity contribution is 0.149. The summed E-state index contributed by atoms with van der Waals surface area (Å²) in [6, 6.07) is 23.5. The van der Waals surface area contributed by atoms with Gasteiger partial charge in [-0.15, -0.1) is 0 Å². The molecule has 0 aromatic heterocycles. The van der Waals surface area contributed by atoms with Crippen LogP contribution in [0.2, 0.25) is 0 Å². The van der Waals surface area contributed by atoms with E-state index in [1.165, 1.54) is 54.9 Å². The number of hydrogen-bond acceptors (Lipinski definition) is 2. The first-order valence-electron chi connectivity index (χ1n) is 12.1. The van der Waals surface area contributed by atoms with E-state index in [1.807, 2.05) is 0 Å². The maximum atomic E-state index is 6.24. The molecule has 1 aliphatic carbocycles. The van der Waals surface area contributed by atoms with Gasteiger partial charge in [0.05, 0.1) is 13.2 Å². The highest BCUT2D eigenvalue weighted by Crippen LogP contribution is 2.32. The largest absolute Gasteiger partial charge is 0.493 e. The van der Waals surface area contributed by atoms with Gasteiger partial charge in [0.2, 0.25) is 0 Å². The van der Waals surface area contributed by atoms with Gasteiger partial charge in [-0.05, 0) is 79.0 Å². The molecule has 3 aromatic carbocycles. The fourth-order valence-corrected chi connectivity index (χ4v) is 4.80. The third kappa shape index (κ3) is 5.81. The van der Waals surface area contributed by atoms with Crippen LogP contribution in [0.3, 0.4) is 0 Å². The van der Waals surface area contributed by atoms with E-state index in [9.17, 15) is 0 Å². The molecule has 0 amide bonds. The molecule has 1 fully saturated rings. The van der Waals surface area contributed by atoms with Crippen molar-refractivity contribution >= 4 is 10.8 Å². The molecular formula is C29H36O2. The van der Waals surface area contributed by atoms with Crippen molar-refractivity contribution in [3.05, 3.63) is 72.3 Å². The zero-order chi connectivity index (χ0) is 21.5. The van der Waals surface area contributed by atoms with E-state index in [2.05, 4.69) is 80.6 Å². The smallest absolute Gasteiger partial charge is 0.127 e. The van der Waals surface area contributed by atoms with Crippen molar-refractivity contribution < 1.29 is 9.47 Å². The lowest BCUT2D eigenvalue weighted by Gasteiger charge is -2.28. The molecule has 4 rings (SSSR count). The Morgan fingerprint density at radius 2 is 1.42 bits per heavy atom. The van der Waals surface area contributed by atoms with Crippen molar-refractivity contribution in [1.29, 1.82) is 0 Å². The summed E-state index contributed by atoms with van der Waals surface area (Å²) in [6.07, 6.45) is 7.39. The maximum Gasteiger partial charge on any atom is 0.127 e. The van der Waals surface area contributed by atoms with Crippen LogP contribution in [0.4, 0.5) is 0 Å². The first-order chi connectivity index (χ1) is 15.2. The molecule has 0 saturated heterocycles. The van der Waals surface area contributed by atoms with Crippen molar-refractivity contribution in [3.8, 4) is 11.5 Å². The lowest BCUT2D eigenvalue weighted by Crippen LogP contribution is -2.23. The first-order valence-corrected chi connectivity index (χ1v) is 12.1. The maximum absolute atomic E-state index is 6.24. The zero-order valence-corrected chi connectivity index (χ0v) is 19.1. The molecule has 164 valence electrons. The summed E-state index contributed by atoms with van der Waals surface area (Å²) in [5.41, 5.74) is 1.42. The van der Waals surface area contributed by atoms with Crippen LogP contribution in [-0.4, -0.2) is 13.2 Å². The summed E-state index contributed by atoms with van der Waals surface area (Å²) < 4.78 is 12.4. The Balaban J connectivity index is 1.20. The fraction of sp³-hybridized carbons (Fsp3) is 0.448. The quantitative estimate of drug-likeness (QED) is 0.352. The van der Waals surface area contributed by atoms with Gasteiger partial charge in [0, 0.05) is 5.39 Å². The third-order valence-corrected chi connectivity index (χ3v) is 6.85. The van der Waals surface area contributed by atoms with Gasteiger partial charge in [-0.25, -0.2) is 0 Å². The molecule has 1 aliphatic rings. The zero-order valence-electron chi connectivity index (χ0n) is 19.1. The molecule has 3 aromatic rings. The minimum atomic E-state index is 0.630.